The zero-order chi connectivity index (χ0) is 18.1. The highest BCUT2D eigenvalue weighted by atomic mass is 79.9. The average Bonchev–Trinajstić information content (AvgIpc) is 2.55. The van der Waals surface area contributed by atoms with Crippen molar-refractivity contribution < 1.29 is 14.4 Å². The molecule has 1 saturated heterocycles. The molecule has 3 rings (SSSR count). The van der Waals surface area contributed by atoms with Gasteiger partial charge in [0.25, 0.3) is 11.8 Å². The van der Waals surface area contributed by atoms with Crippen molar-refractivity contribution in [1.29, 1.82) is 0 Å². The van der Waals surface area contributed by atoms with E-state index in [4.69, 9.17) is 0 Å². The molecule has 126 valence electrons. The molecular formula is C18H12Br2N2O3. The quantitative estimate of drug-likeness (QED) is 0.536. The van der Waals surface area contributed by atoms with Gasteiger partial charge in [0.2, 0.25) is 0 Å². The second-order valence-corrected chi connectivity index (χ2v) is 7.22. The van der Waals surface area contributed by atoms with Crippen LogP contribution in [0, 0.1) is 6.92 Å². The average molecular weight is 464 g/mol. The summed E-state index contributed by atoms with van der Waals surface area (Å²) in [6, 6.07) is 11.5. The van der Waals surface area contributed by atoms with Crippen molar-refractivity contribution in [2.75, 3.05) is 4.90 Å². The first-order chi connectivity index (χ1) is 11.9. The van der Waals surface area contributed by atoms with E-state index in [0.29, 0.717) is 11.3 Å². The number of benzene rings is 2. The number of halogens is 2. The van der Waals surface area contributed by atoms with Crippen LogP contribution in [-0.4, -0.2) is 17.8 Å². The molecule has 1 aliphatic rings. The molecule has 25 heavy (non-hydrogen) atoms. The Morgan fingerprint density at radius 3 is 2.48 bits per heavy atom. The number of carbonyl (C=O) groups is 3. The van der Waals surface area contributed by atoms with Crippen molar-refractivity contribution >= 4 is 61.5 Å². The lowest BCUT2D eigenvalue weighted by Crippen LogP contribution is -2.54. The van der Waals surface area contributed by atoms with E-state index in [1.165, 1.54) is 6.08 Å². The van der Waals surface area contributed by atoms with Gasteiger partial charge in [-0.25, -0.2) is 9.69 Å². The number of nitrogens with one attached hydrogen (secondary N) is 1. The van der Waals surface area contributed by atoms with Crippen molar-refractivity contribution in [3.63, 3.8) is 0 Å². The highest BCUT2D eigenvalue weighted by molar-refractivity contribution is 9.10. The number of rotatable bonds is 2. The van der Waals surface area contributed by atoms with E-state index < -0.39 is 17.8 Å². The third-order valence-corrected chi connectivity index (χ3v) is 5.04. The third kappa shape index (κ3) is 3.57. The van der Waals surface area contributed by atoms with E-state index in [1.807, 2.05) is 13.0 Å². The van der Waals surface area contributed by atoms with Crippen LogP contribution < -0.4 is 10.2 Å². The van der Waals surface area contributed by atoms with E-state index >= 15 is 0 Å². The largest absolute Gasteiger partial charge is 0.335 e. The molecule has 0 aromatic heterocycles. The summed E-state index contributed by atoms with van der Waals surface area (Å²) < 4.78 is 1.68. The maximum Gasteiger partial charge on any atom is 0.335 e. The zero-order valence-electron chi connectivity index (χ0n) is 13.0. The van der Waals surface area contributed by atoms with E-state index in [9.17, 15) is 14.4 Å². The van der Waals surface area contributed by atoms with Gasteiger partial charge in [0.1, 0.15) is 5.57 Å². The van der Waals surface area contributed by atoms with Crippen molar-refractivity contribution in [3.8, 4) is 0 Å². The maximum atomic E-state index is 12.8. The van der Waals surface area contributed by atoms with Crippen LogP contribution in [0.2, 0.25) is 0 Å². The molecule has 2 aromatic rings. The normalized spacial score (nSPS) is 16.4. The topological polar surface area (TPSA) is 66.5 Å². The predicted molar refractivity (Wildman–Crippen MR) is 102 cm³/mol. The number of anilines is 1. The molecule has 1 heterocycles. The van der Waals surface area contributed by atoms with Gasteiger partial charge in [-0.15, -0.1) is 0 Å². The van der Waals surface area contributed by atoms with Gasteiger partial charge in [0.05, 0.1) is 5.69 Å². The summed E-state index contributed by atoms with van der Waals surface area (Å²) >= 11 is 6.73. The molecule has 0 bridgehead atoms. The van der Waals surface area contributed by atoms with Crippen LogP contribution in [0.4, 0.5) is 10.5 Å². The van der Waals surface area contributed by atoms with Crippen LogP contribution in [0.25, 0.3) is 6.08 Å². The summed E-state index contributed by atoms with van der Waals surface area (Å²) in [5.74, 6) is -1.37. The van der Waals surface area contributed by atoms with E-state index in [-0.39, 0.29) is 5.57 Å². The highest BCUT2D eigenvalue weighted by Crippen LogP contribution is 2.26. The number of hydrogen-bond donors (Lipinski definition) is 1. The van der Waals surface area contributed by atoms with Crippen LogP contribution in [-0.2, 0) is 9.59 Å². The Hall–Kier alpha value is -2.25. The van der Waals surface area contributed by atoms with Gasteiger partial charge in [-0.05, 0) is 54.5 Å². The molecule has 2 aromatic carbocycles. The lowest BCUT2D eigenvalue weighted by Gasteiger charge is -2.26. The molecule has 1 aliphatic heterocycles. The van der Waals surface area contributed by atoms with Gasteiger partial charge < -0.3 is 0 Å². The van der Waals surface area contributed by atoms with E-state index in [2.05, 4.69) is 37.2 Å². The van der Waals surface area contributed by atoms with Crippen LogP contribution in [0.1, 0.15) is 11.1 Å². The van der Waals surface area contributed by atoms with Crippen LogP contribution in [0.5, 0.6) is 0 Å². The van der Waals surface area contributed by atoms with Crippen molar-refractivity contribution in [1.82, 2.24) is 5.32 Å². The Balaban J connectivity index is 2.03. The molecule has 7 heteroatoms. The second kappa shape index (κ2) is 6.93. The minimum absolute atomic E-state index is 0.0988. The summed E-state index contributed by atoms with van der Waals surface area (Å²) in [4.78, 5) is 38.1. The number of imide groups is 2. The molecule has 1 fully saturated rings. The van der Waals surface area contributed by atoms with Gasteiger partial charge in [-0.3, -0.25) is 14.9 Å². The van der Waals surface area contributed by atoms with Gasteiger partial charge in [-0.1, -0.05) is 44.0 Å². The van der Waals surface area contributed by atoms with Gasteiger partial charge >= 0.3 is 6.03 Å². The van der Waals surface area contributed by atoms with Crippen LogP contribution in [0.15, 0.2) is 57.0 Å². The van der Waals surface area contributed by atoms with Gasteiger partial charge in [-0.2, -0.15) is 0 Å². The smallest absolute Gasteiger partial charge is 0.273 e. The van der Waals surface area contributed by atoms with Crippen molar-refractivity contribution in [2.24, 2.45) is 0 Å². The van der Waals surface area contributed by atoms with Crippen LogP contribution in [0.3, 0.4) is 0 Å². The maximum absolute atomic E-state index is 12.8. The Morgan fingerprint density at radius 1 is 1.04 bits per heavy atom. The number of urea groups is 1. The molecule has 0 aliphatic carbocycles. The van der Waals surface area contributed by atoms with Crippen molar-refractivity contribution in [3.05, 3.63) is 68.1 Å². The molecule has 5 nitrogen and oxygen atoms in total. The summed E-state index contributed by atoms with van der Waals surface area (Å²) in [5.41, 5.74) is 1.84. The number of carbonyl (C=O) groups excluding carboxylic acids is 3. The Labute approximate surface area is 161 Å². The molecule has 0 spiro atoms. The summed E-state index contributed by atoms with van der Waals surface area (Å²) in [7, 11) is 0. The summed E-state index contributed by atoms with van der Waals surface area (Å²) in [5, 5.41) is 2.21. The first-order valence-corrected chi connectivity index (χ1v) is 8.88. The number of aryl methyl sites for hydroxylation is 1. The molecule has 0 saturated carbocycles. The summed E-state index contributed by atoms with van der Waals surface area (Å²) in [6.45, 7) is 1.85. The fourth-order valence-corrected chi connectivity index (χ4v) is 3.09. The monoisotopic (exact) mass is 462 g/mol. The molecule has 1 N–H and O–H groups in total. The second-order valence-electron chi connectivity index (χ2n) is 5.45. The number of barbiturate groups is 1. The molecular weight excluding hydrogens is 452 g/mol. The molecule has 0 radical (unpaired) electrons. The van der Waals surface area contributed by atoms with E-state index in [1.54, 1.807) is 36.4 Å². The minimum atomic E-state index is -0.761. The number of hydrogen-bond acceptors (Lipinski definition) is 3. The number of amides is 4. The molecule has 4 amide bonds. The lowest BCUT2D eigenvalue weighted by molar-refractivity contribution is -0.122. The van der Waals surface area contributed by atoms with Gasteiger partial charge in [0, 0.05) is 8.95 Å². The Bertz CT molecular complexity index is 938. The lowest BCUT2D eigenvalue weighted by atomic mass is 10.1. The first kappa shape index (κ1) is 17.6. The summed E-state index contributed by atoms with van der Waals surface area (Å²) in [6.07, 6.45) is 1.47. The molecule has 0 unspecified atom stereocenters. The highest BCUT2D eigenvalue weighted by Gasteiger charge is 2.36. The van der Waals surface area contributed by atoms with E-state index in [0.717, 1.165) is 19.4 Å². The first-order valence-electron chi connectivity index (χ1n) is 7.30. The fourth-order valence-electron chi connectivity index (χ4n) is 2.42. The standard InChI is InChI=1S/C18H12Br2N2O3/c1-10-7-13(5-6-15(10)20)22-17(24)14(16(23)21-18(22)25)9-11-3-2-4-12(19)8-11/h2-9H,1H3,(H,21,23,25)/b14-9-. The van der Waals surface area contributed by atoms with Crippen LogP contribution >= 0.6 is 31.9 Å². The SMILES string of the molecule is Cc1cc(N2C(=O)NC(=O)/C(=C/c3cccc(Br)c3)C2=O)ccc1Br. The Kier molecular flexibility index (Phi) is 4.87. The molecule has 0 atom stereocenters. The van der Waals surface area contributed by atoms with Gasteiger partial charge in [0.15, 0.2) is 0 Å². The Morgan fingerprint density at radius 2 is 1.80 bits per heavy atom. The predicted octanol–water partition coefficient (Wildman–Crippen LogP) is 4.19. The zero-order valence-corrected chi connectivity index (χ0v) is 16.2. The fraction of sp³-hybridized carbons (Fsp3) is 0.0556. The third-order valence-electron chi connectivity index (χ3n) is 3.66. The number of nitrogens with zero attached hydrogens (tertiary/aromatic N) is 1. The minimum Gasteiger partial charge on any atom is -0.273 e. The van der Waals surface area contributed by atoms with Crippen molar-refractivity contribution in [2.45, 2.75) is 6.92 Å².